The third-order valence-electron chi connectivity index (χ3n) is 4.76. The summed E-state index contributed by atoms with van der Waals surface area (Å²) in [5.41, 5.74) is 3.65. The number of nitrogens with zero attached hydrogens (tertiary/aromatic N) is 3. The number of carbonyl (C=O) groups excluding carboxylic acids is 1. The number of anilines is 1. The Labute approximate surface area is 160 Å². The molecule has 1 fully saturated rings. The Balaban J connectivity index is 1.57. The Morgan fingerprint density at radius 2 is 2.04 bits per heavy atom. The van der Waals surface area contributed by atoms with Crippen LogP contribution in [0, 0.1) is 19.7 Å². The van der Waals surface area contributed by atoms with E-state index in [1.54, 1.807) is 11.0 Å². The van der Waals surface area contributed by atoms with E-state index in [2.05, 4.69) is 16.2 Å². The molecule has 1 amide bonds. The van der Waals surface area contributed by atoms with Crippen molar-refractivity contribution in [2.75, 3.05) is 11.4 Å². The summed E-state index contributed by atoms with van der Waals surface area (Å²) in [5, 5.41) is 4.07. The lowest BCUT2D eigenvalue weighted by molar-refractivity contribution is -0.117. The van der Waals surface area contributed by atoms with Gasteiger partial charge in [-0.05, 0) is 43.7 Å². The summed E-state index contributed by atoms with van der Waals surface area (Å²) in [5.74, 6) is 0.150. The monoisotopic (exact) mass is 385 g/mol. The number of hydrogen-bond acceptors (Lipinski definition) is 4. The van der Waals surface area contributed by atoms with Crippen LogP contribution in [0.2, 0.25) is 5.02 Å². The summed E-state index contributed by atoms with van der Waals surface area (Å²) in [6.45, 7) is 4.41. The zero-order valence-corrected chi connectivity index (χ0v) is 15.6. The number of hydrogen-bond donors (Lipinski definition) is 0. The smallest absolute Gasteiger partial charge is 0.258 e. The molecule has 0 saturated carbocycles. The second-order valence-corrected chi connectivity index (χ2v) is 7.19. The fraction of sp³-hybridized carbons (Fsp3) is 0.250. The molecule has 1 aliphatic rings. The van der Waals surface area contributed by atoms with Crippen LogP contribution in [-0.2, 0) is 4.79 Å². The fourth-order valence-electron chi connectivity index (χ4n) is 3.35. The van der Waals surface area contributed by atoms with Crippen molar-refractivity contribution in [3.8, 4) is 11.5 Å². The number of aromatic nitrogens is 2. The highest BCUT2D eigenvalue weighted by Gasteiger charge is 2.35. The molecule has 138 valence electrons. The number of halogens is 2. The van der Waals surface area contributed by atoms with E-state index >= 15 is 0 Å². The average molecular weight is 386 g/mol. The Kier molecular flexibility index (Phi) is 4.44. The van der Waals surface area contributed by atoms with Crippen molar-refractivity contribution >= 4 is 23.2 Å². The predicted molar refractivity (Wildman–Crippen MR) is 100 cm³/mol. The van der Waals surface area contributed by atoms with Gasteiger partial charge in [-0.25, -0.2) is 4.39 Å². The summed E-state index contributed by atoms with van der Waals surface area (Å²) in [4.78, 5) is 18.5. The molecule has 7 heteroatoms. The zero-order chi connectivity index (χ0) is 19.1. The van der Waals surface area contributed by atoms with Gasteiger partial charge in [-0.1, -0.05) is 34.5 Å². The molecule has 1 aliphatic heterocycles. The van der Waals surface area contributed by atoms with Gasteiger partial charge in [0.05, 0.1) is 5.02 Å². The first-order chi connectivity index (χ1) is 12.9. The Hall–Kier alpha value is -2.73. The minimum atomic E-state index is -0.514. The van der Waals surface area contributed by atoms with Crippen LogP contribution >= 0.6 is 11.6 Å². The number of amides is 1. The fourth-order valence-corrected chi connectivity index (χ4v) is 3.52. The lowest BCUT2D eigenvalue weighted by Crippen LogP contribution is -2.24. The molecule has 0 spiro atoms. The normalized spacial score (nSPS) is 17.0. The van der Waals surface area contributed by atoms with E-state index in [9.17, 15) is 9.18 Å². The SMILES string of the molecule is Cc1ccc(-c2nc([C@@H]3CC(=O)N(c4ccc(F)c(Cl)c4)C3)no2)c(C)c1. The van der Waals surface area contributed by atoms with Crippen molar-refractivity contribution in [3.63, 3.8) is 0 Å². The molecular weight excluding hydrogens is 369 g/mol. The minimum Gasteiger partial charge on any atom is -0.334 e. The minimum absolute atomic E-state index is 0.0135. The summed E-state index contributed by atoms with van der Waals surface area (Å²) in [6, 6.07) is 10.2. The average Bonchev–Trinajstić information content (AvgIpc) is 3.24. The van der Waals surface area contributed by atoms with Crippen LogP contribution in [0.25, 0.3) is 11.5 Å². The molecule has 2 heterocycles. The van der Waals surface area contributed by atoms with Crippen molar-refractivity contribution in [1.82, 2.24) is 10.1 Å². The van der Waals surface area contributed by atoms with Gasteiger partial charge in [0.15, 0.2) is 5.82 Å². The second-order valence-electron chi connectivity index (χ2n) is 6.78. The Bertz CT molecular complexity index is 1030. The van der Waals surface area contributed by atoms with Crippen LogP contribution in [0.4, 0.5) is 10.1 Å². The highest BCUT2D eigenvalue weighted by atomic mass is 35.5. The molecule has 1 saturated heterocycles. The molecule has 4 rings (SSSR count). The largest absolute Gasteiger partial charge is 0.334 e. The molecular formula is C20H17ClFN3O2. The maximum Gasteiger partial charge on any atom is 0.258 e. The van der Waals surface area contributed by atoms with Gasteiger partial charge in [0, 0.05) is 30.1 Å². The van der Waals surface area contributed by atoms with E-state index in [0.29, 0.717) is 23.9 Å². The maximum atomic E-state index is 13.4. The second kappa shape index (κ2) is 6.78. The van der Waals surface area contributed by atoms with E-state index in [1.807, 2.05) is 26.0 Å². The van der Waals surface area contributed by atoms with Gasteiger partial charge < -0.3 is 9.42 Å². The predicted octanol–water partition coefficient (Wildman–Crippen LogP) is 4.67. The Morgan fingerprint density at radius 3 is 2.78 bits per heavy atom. The van der Waals surface area contributed by atoms with E-state index in [1.165, 1.54) is 12.1 Å². The Morgan fingerprint density at radius 1 is 1.22 bits per heavy atom. The third-order valence-corrected chi connectivity index (χ3v) is 5.05. The first-order valence-electron chi connectivity index (χ1n) is 8.59. The lowest BCUT2D eigenvalue weighted by Gasteiger charge is -2.16. The maximum absolute atomic E-state index is 13.4. The van der Waals surface area contributed by atoms with Crippen LogP contribution < -0.4 is 4.90 Å². The molecule has 0 bridgehead atoms. The number of aryl methyl sites for hydroxylation is 2. The summed E-state index contributed by atoms with van der Waals surface area (Å²) < 4.78 is 18.8. The van der Waals surface area contributed by atoms with Crippen LogP contribution in [0.5, 0.6) is 0 Å². The molecule has 2 aromatic carbocycles. The molecule has 27 heavy (non-hydrogen) atoms. The molecule has 3 aromatic rings. The van der Waals surface area contributed by atoms with Crippen LogP contribution in [0.3, 0.4) is 0 Å². The molecule has 1 atom stereocenters. The van der Waals surface area contributed by atoms with Crippen LogP contribution in [0.15, 0.2) is 40.9 Å². The first kappa shape index (κ1) is 17.7. The van der Waals surface area contributed by atoms with Gasteiger partial charge in [0.1, 0.15) is 5.82 Å². The molecule has 0 N–H and O–H groups in total. The third kappa shape index (κ3) is 3.32. The van der Waals surface area contributed by atoms with Gasteiger partial charge in [0.2, 0.25) is 5.91 Å². The van der Waals surface area contributed by atoms with Crippen molar-refractivity contribution in [2.24, 2.45) is 0 Å². The first-order valence-corrected chi connectivity index (χ1v) is 8.97. The van der Waals surface area contributed by atoms with Gasteiger partial charge in [-0.3, -0.25) is 4.79 Å². The topological polar surface area (TPSA) is 59.2 Å². The lowest BCUT2D eigenvalue weighted by atomic mass is 10.1. The van der Waals surface area contributed by atoms with E-state index in [0.717, 1.165) is 16.7 Å². The van der Waals surface area contributed by atoms with Gasteiger partial charge in [-0.2, -0.15) is 4.98 Å². The molecule has 5 nitrogen and oxygen atoms in total. The van der Waals surface area contributed by atoms with E-state index in [4.69, 9.17) is 16.1 Å². The van der Waals surface area contributed by atoms with Crippen molar-refractivity contribution < 1.29 is 13.7 Å². The highest BCUT2D eigenvalue weighted by molar-refractivity contribution is 6.31. The quantitative estimate of drug-likeness (QED) is 0.657. The molecule has 0 unspecified atom stereocenters. The summed E-state index contributed by atoms with van der Waals surface area (Å²) in [7, 11) is 0. The zero-order valence-electron chi connectivity index (χ0n) is 14.9. The standard InChI is InChI=1S/C20H17ClFN3O2/c1-11-3-5-15(12(2)7-11)20-23-19(24-27-20)13-8-18(26)25(10-13)14-4-6-17(22)16(21)9-14/h3-7,9,13H,8,10H2,1-2H3/t13-/m1/s1. The van der Waals surface area contributed by atoms with Crippen molar-refractivity contribution in [1.29, 1.82) is 0 Å². The van der Waals surface area contributed by atoms with Gasteiger partial charge in [-0.15, -0.1) is 0 Å². The number of benzene rings is 2. The van der Waals surface area contributed by atoms with Crippen LogP contribution in [0.1, 0.15) is 29.3 Å². The van der Waals surface area contributed by atoms with Crippen LogP contribution in [-0.4, -0.2) is 22.6 Å². The number of rotatable bonds is 3. The molecule has 0 radical (unpaired) electrons. The van der Waals surface area contributed by atoms with Gasteiger partial charge >= 0.3 is 0 Å². The van der Waals surface area contributed by atoms with E-state index in [-0.39, 0.29) is 23.3 Å². The summed E-state index contributed by atoms with van der Waals surface area (Å²) >= 11 is 5.84. The molecule has 1 aromatic heterocycles. The highest BCUT2D eigenvalue weighted by Crippen LogP contribution is 2.33. The van der Waals surface area contributed by atoms with Gasteiger partial charge in [0.25, 0.3) is 5.89 Å². The van der Waals surface area contributed by atoms with E-state index < -0.39 is 5.82 Å². The van der Waals surface area contributed by atoms with Crippen molar-refractivity contribution in [2.45, 2.75) is 26.2 Å². The summed E-state index contributed by atoms with van der Waals surface area (Å²) in [6.07, 6.45) is 0.265. The number of carbonyl (C=O) groups is 1. The van der Waals surface area contributed by atoms with Crippen molar-refractivity contribution in [3.05, 3.63) is 64.2 Å². The molecule has 0 aliphatic carbocycles.